The van der Waals surface area contributed by atoms with Crippen molar-refractivity contribution in [1.29, 1.82) is 0 Å². The van der Waals surface area contributed by atoms with Crippen LogP contribution in [0.15, 0.2) is 48.6 Å². The lowest BCUT2D eigenvalue weighted by Crippen LogP contribution is -1.84. The third-order valence-corrected chi connectivity index (χ3v) is 2.03. The van der Waals surface area contributed by atoms with Crippen molar-refractivity contribution in [2.24, 2.45) is 0 Å². The molecule has 0 aliphatic rings. The van der Waals surface area contributed by atoms with Crippen LogP contribution < -0.4 is 0 Å². The average Bonchev–Trinajstić information content (AvgIpc) is 2.43. The Kier molecular flexibility index (Phi) is 5.48. The average molecular weight is 238 g/mol. The quantitative estimate of drug-likeness (QED) is 0.766. The lowest BCUT2D eigenvalue weighted by Gasteiger charge is -1.92. The zero-order valence-electron chi connectivity index (χ0n) is 10.0. The second-order valence-corrected chi connectivity index (χ2v) is 3.60. The van der Waals surface area contributed by atoms with Gasteiger partial charge in [-0.25, -0.2) is 0 Å². The van der Waals surface area contributed by atoms with Gasteiger partial charge >= 0.3 is 0 Å². The SMILES string of the molecule is C=C(C#Cc1ccc(C#CC(=C)CO)cc1)CO. The van der Waals surface area contributed by atoms with Crippen molar-refractivity contribution in [3.05, 3.63) is 59.7 Å². The van der Waals surface area contributed by atoms with Crippen molar-refractivity contribution in [2.75, 3.05) is 13.2 Å². The maximum absolute atomic E-state index is 8.75. The first-order chi connectivity index (χ1) is 8.65. The van der Waals surface area contributed by atoms with Gasteiger partial charge < -0.3 is 10.2 Å². The van der Waals surface area contributed by atoms with E-state index >= 15 is 0 Å². The van der Waals surface area contributed by atoms with Gasteiger partial charge in [0.05, 0.1) is 13.2 Å². The molecule has 2 heteroatoms. The Bertz CT molecular complexity index is 504. The molecule has 0 heterocycles. The molecule has 0 spiro atoms. The van der Waals surface area contributed by atoms with Crippen LogP contribution in [0.1, 0.15) is 11.1 Å². The predicted molar refractivity (Wildman–Crippen MR) is 72.6 cm³/mol. The van der Waals surface area contributed by atoms with Gasteiger partial charge in [-0.3, -0.25) is 0 Å². The van der Waals surface area contributed by atoms with E-state index in [1.165, 1.54) is 0 Å². The van der Waals surface area contributed by atoms with Crippen LogP contribution in [-0.4, -0.2) is 23.4 Å². The molecule has 0 aromatic heterocycles. The zero-order chi connectivity index (χ0) is 13.4. The normalized spacial score (nSPS) is 8.56. The lowest BCUT2D eigenvalue weighted by atomic mass is 10.1. The van der Waals surface area contributed by atoms with Gasteiger partial charge in [0.25, 0.3) is 0 Å². The van der Waals surface area contributed by atoms with Crippen LogP contribution in [-0.2, 0) is 0 Å². The summed E-state index contributed by atoms with van der Waals surface area (Å²) in [6, 6.07) is 7.35. The third kappa shape index (κ3) is 4.72. The van der Waals surface area contributed by atoms with E-state index in [9.17, 15) is 0 Å². The highest BCUT2D eigenvalue weighted by atomic mass is 16.3. The Morgan fingerprint density at radius 1 is 0.833 bits per heavy atom. The van der Waals surface area contributed by atoms with E-state index in [4.69, 9.17) is 10.2 Å². The first-order valence-electron chi connectivity index (χ1n) is 5.37. The number of hydrogen-bond donors (Lipinski definition) is 2. The molecule has 2 N–H and O–H groups in total. The number of hydrogen-bond acceptors (Lipinski definition) is 2. The third-order valence-electron chi connectivity index (χ3n) is 2.03. The van der Waals surface area contributed by atoms with Crippen LogP contribution in [0.5, 0.6) is 0 Å². The molecule has 0 aliphatic carbocycles. The van der Waals surface area contributed by atoms with Crippen molar-refractivity contribution in [3.8, 4) is 23.7 Å². The second kappa shape index (κ2) is 7.14. The lowest BCUT2D eigenvalue weighted by molar-refractivity contribution is 0.336. The largest absolute Gasteiger partial charge is 0.391 e. The van der Waals surface area contributed by atoms with Gasteiger partial charge in [-0.1, -0.05) is 36.8 Å². The molecule has 0 saturated carbocycles. The zero-order valence-corrected chi connectivity index (χ0v) is 10.0. The molecule has 2 nitrogen and oxygen atoms in total. The smallest absolute Gasteiger partial charge is 0.0754 e. The van der Waals surface area contributed by atoms with Crippen LogP contribution in [0.25, 0.3) is 0 Å². The fourth-order valence-corrected chi connectivity index (χ4v) is 1.04. The molecule has 0 fully saturated rings. The highest BCUT2D eigenvalue weighted by Crippen LogP contribution is 2.02. The van der Waals surface area contributed by atoms with Crippen molar-refractivity contribution < 1.29 is 10.2 Å². The van der Waals surface area contributed by atoms with Gasteiger partial charge in [0.15, 0.2) is 0 Å². The summed E-state index contributed by atoms with van der Waals surface area (Å²) in [6.07, 6.45) is 0. The van der Waals surface area contributed by atoms with Gasteiger partial charge in [-0.05, 0) is 24.3 Å². The van der Waals surface area contributed by atoms with Crippen molar-refractivity contribution >= 4 is 0 Å². The second-order valence-electron chi connectivity index (χ2n) is 3.60. The van der Waals surface area contributed by atoms with E-state index in [1.54, 1.807) is 0 Å². The van der Waals surface area contributed by atoms with Crippen LogP contribution in [0.4, 0.5) is 0 Å². The molecular weight excluding hydrogens is 224 g/mol. The number of rotatable bonds is 2. The Morgan fingerprint density at radius 2 is 1.17 bits per heavy atom. The molecule has 18 heavy (non-hydrogen) atoms. The monoisotopic (exact) mass is 238 g/mol. The number of aliphatic hydroxyl groups excluding tert-OH is 2. The van der Waals surface area contributed by atoms with Crippen LogP contribution >= 0.6 is 0 Å². The Balaban J connectivity index is 2.78. The first-order valence-corrected chi connectivity index (χ1v) is 5.37. The first kappa shape index (κ1) is 13.8. The van der Waals surface area contributed by atoms with Gasteiger partial charge in [-0.2, -0.15) is 0 Å². The van der Waals surface area contributed by atoms with Crippen LogP contribution in [0.2, 0.25) is 0 Å². The minimum absolute atomic E-state index is 0.125. The van der Waals surface area contributed by atoms with E-state index in [1.807, 2.05) is 24.3 Å². The van der Waals surface area contributed by atoms with Crippen LogP contribution in [0, 0.1) is 23.7 Å². The van der Waals surface area contributed by atoms with Crippen molar-refractivity contribution in [2.45, 2.75) is 0 Å². The molecule has 0 saturated heterocycles. The minimum Gasteiger partial charge on any atom is -0.391 e. The summed E-state index contributed by atoms with van der Waals surface area (Å²) in [5.74, 6) is 11.3. The fraction of sp³-hybridized carbons (Fsp3) is 0.125. The molecule has 1 rings (SSSR count). The van der Waals surface area contributed by atoms with Crippen LogP contribution in [0.3, 0.4) is 0 Å². The molecule has 1 aromatic carbocycles. The molecule has 0 unspecified atom stereocenters. The topological polar surface area (TPSA) is 40.5 Å². The predicted octanol–water partition coefficient (Wildman–Crippen LogP) is 1.49. The van der Waals surface area contributed by atoms with E-state index in [2.05, 4.69) is 36.8 Å². The Morgan fingerprint density at radius 3 is 1.44 bits per heavy atom. The van der Waals surface area contributed by atoms with E-state index in [0.717, 1.165) is 11.1 Å². The van der Waals surface area contributed by atoms with Gasteiger partial charge in [0, 0.05) is 22.3 Å². The summed E-state index contributed by atoms with van der Waals surface area (Å²) in [5, 5.41) is 17.5. The number of benzene rings is 1. The summed E-state index contributed by atoms with van der Waals surface area (Å²) in [7, 11) is 0. The highest BCUT2D eigenvalue weighted by molar-refractivity contribution is 5.45. The summed E-state index contributed by atoms with van der Waals surface area (Å²) in [4.78, 5) is 0. The molecule has 0 aliphatic heterocycles. The maximum atomic E-state index is 8.75. The molecule has 0 atom stereocenters. The molecule has 0 radical (unpaired) electrons. The summed E-state index contributed by atoms with van der Waals surface area (Å²) >= 11 is 0. The van der Waals surface area contributed by atoms with Gasteiger partial charge in [0.1, 0.15) is 0 Å². The summed E-state index contributed by atoms with van der Waals surface area (Å²) < 4.78 is 0. The Labute approximate surface area is 107 Å². The summed E-state index contributed by atoms with van der Waals surface area (Å²) in [5.41, 5.74) is 2.63. The fourth-order valence-electron chi connectivity index (χ4n) is 1.04. The molecule has 1 aromatic rings. The molecule has 0 amide bonds. The van der Waals surface area contributed by atoms with E-state index in [-0.39, 0.29) is 13.2 Å². The van der Waals surface area contributed by atoms with Gasteiger partial charge in [0.2, 0.25) is 0 Å². The van der Waals surface area contributed by atoms with E-state index in [0.29, 0.717) is 11.1 Å². The number of aliphatic hydroxyl groups is 2. The molecular formula is C16H14O2. The minimum atomic E-state index is -0.125. The Hall–Kier alpha value is -2.26. The summed E-state index contributed by atoms with van der Waals surface area (Å²) in [6.45, 7) is 6.92. The van der Waals surface area contributed by atoms with Crippen molar-refractivity contribution in [1.82, 2.24) is 0 Å². The van der Waals surface area contributed by atoms with E-state index < -0.39 is 0 Å². The van der Waals surface area contributed by atoms with Gasteiger partial charge in [-0.15, -0.1) is 0 Å². The maximum Gasteiger partial charge on any atom is 0.0754 e. The molecule has 0 bridgehead atoms. The molecule has 90 valence electrons. The highest BCUT2D eigenvalue weighted by Gasteiger charge is 1.89. The standard InChI is InChI=1S/C16H14O2/c1-13(11-17)3-5-15-7-9-16(10-8-15)6-4-14(2)12-18/h7-10,17-18H,1-2,11-12H2. The van der Waals surface area contributed by atoms with Crippen molar-refractivity contribution in [3.63, 3.8) is 0 Å².